The van der Waals surface area contributed by atoms with E-state index in [0.29, 0.717) is 17.8 Å². The summed E-state index contributed by atoms with van der Waals surface area (Å²) in [5.41, 5.74) is -2.11. The molecule has 0 saturated heterocycles. The molecule has 0 aromatic heterocycles. The number of likely N-dealkylation sites (N-methyl/N-ethyl adjacent to an activating group) is 1. The fourth-order valence-corrected chi connectivity index (χ4v) is 2.75. The van der Waals surface area contributed by atoms with Crippen LogP contribution in [0, 0.1) is 26.0 Å². The maximum Gasteiger partial charge on any atom is 0.325 e. The number of hydrogen-bond acceptors (Lipinski definition) is 11. The Morgan fingerprint density at radius 2 is 1.68 bits per heavy atom. The van der Waals surface area contributed by atoms with Crippen LogP contribution in [0.1, 0.15) is 6.92 Å². The Labute approximate surface area is 191 Å². The van der Waals surface area contributed by atoms with Gasteiger partial charge in [-0.2, -0.15) is 4.39 Å². The number of amides is 1. The van der Waals surface area contributed by atoms with Crippen molar-refractivity contribution in [2.75, 3.05) is 38.0 Å². The molecule has 0 radical (unpaired) electrons. The van der Waals surface area contributed by atoms with E-state index in [-0.39, 0.29) is 23.7 Å². The number of hydrogen-bond donors (Lipinski definition) is 1. The van der Waals surface area contributed by atoms with Crippen LogP contribution in [-0.2, 0) is 14.3 Å². The lowest BCUT2D eigenvalue weighted by atomic mass is 10.2. The summed E-state index contributed by atoms with van der Waals surface area (Å²) >= 11 is 0. The predicted molar refractivity (Wildman–Crippen MR) is 116 cm³/mol. The molecule has 0 aliphatic rings. The van der Waals surface area contributed by atoms with Gasteiger partial charge >= 0.3 is 17.3 Å². The SMILES string of the molecule is COC(=O)CN(C)c1cc(NC(C)=O)c(N=Nc2cc(F)c([N+](=O)[O-])cc2[N+](=O)[O-])cc1OC. The molecule has 0 atom stereocenters. The normalized spacial score (nSPS) is 10.6. The first kappa shape index (κ1) is 25.6. The van der Waals surface area contributed by atoms with Crippen molar-refractivity contribution in [3.63, 3.8) is 0 Å². The molecular weight excluding hydrogens is 459 g/mol. The fourth-order valence-electron chi connectivity index (χ4n) is 2.75. The molecule has 0 aliphatic carbocycles. The highest BCUT2D eigenvalue weighted by Gasteiger charge is 2.25. The maximum absolute atomic E-state index is 14.0. The molecule has 2 rings (SSSR count). The van der Waals surface area contributed by atoms with Crippen LogP contribution in [0.2, 0.25) is 0 Å². The van der Waals surface area contributed by atoms with Crippen molar-refractivity contribution in [2.45, 2.75) is 6.92 Å². The zero-order valence-electron chi connectivity index (χ0n) is 18.4. The van der Waals surface area contributed by atoms with Gasteiger partial charge in [0.15, 0.2) is 5.69 Å². The molecule has 1 N–H and O–H groups in total. The average molecular weight is 478 g/mol. The van der Waals surface area contributed by atoms with E-state index in [1.165, 1.54) is 38.2 Å². The second-order valence-corrected chi connectivity index (χ2v) is 6.66. The number of rotatable bonds is 9. The summed E-state index contributed by atoms with van der Waals surface area (Å²) < 4.78 is 24.0. The van der Waals surface area contributed by atoms with Gasteiger partial charge in [-0.25, -0.2) is 0 Å². The molecule has 14 nitrogen and oxygen atoms in total. The minimum atomic E-state index is -1.34. The van der Waals surface area contributed by atoms with Crippen molar-refractivity contribution in [2.24, 2.45) is 10.2 Å². The Bertz CT molecular complexity index is 1190. The summed E-state index contributed by atoms with van der Waals surface area (Å²) in [5.74, 6) is -2.18. The van der Waals surface area contributed by atoms with Crippen LogP contribution in [0.25, 0.3) is 0 Å². The van der Waals surface area contributed by atoms with E-state index in [4.69, 9.17) is 4.74 Å². The van der Waals surface area contributed by atoms with Gasteiger partial charge in [0.25, 0.3) is 0 Å². The molecule has 0 spiro atoms. The largest absolute Gasteiger partial charge is 0.494 e. The van der Waals surface area contributed by atoms with Gasteiger partial charge in [0.2, 0.25) is 11.7 Å². The summed E-state index contributed by atoms with van der Waals surface area (Å²) in [6.45, 7) is 1.07. The van der Waals surface area contributed by atoms with Gasteiger partial charge in [-0.15, -0.1) is 10.2 Å². The molecule has 180 valence electrons. The summed E-state index contributed by atoms with van der Waals surface area (Å²) in [6, 6.07) is 3.69. The zero-order chi connectivity index (χ0) is 25.6. The van der Waals surface area contributed by atoms with E-state index in [9.17, 15) is 34.2 Å². The molecule has 0 unspecified atom stereocenters. The first-order chi connectivity index (χ1) is 16.0. The highest BCUT2D eigenvalue weighted by atomic mass is 19.1. The zero-order valence-corrected chi connectivity index (χ0v) is 18.4. The van der Waals surface area contributed by atoms with E-state index in [0.717, 1.165) is 0 Å². The third kappa shape index (κ3) is 5.96. The third-order valence-corrected chi connectivity index (χ3v) is 4.32. The van der Waals surface area contributed by atoms with Gasteiger partial charge in [-0.05, 0) is 6.07 Å². The summed E-state index contributed by atoms with van der Waals surface area (Å²) in [7, 11) is 4.12. The number of anilines is 2. The third-order valence-electron chi connectivity index (χ3n) is 4.32. The number of nitrogens with one attached hydrogen (secondary N) is 1. The minimum Gasteiger partial charge on any atom is -0.494 e. The lowest BCUT2D eigenvalue weighted by Gasteiger charge is -2.22. The van der Waals surface area contributed by atoms with Crippen LogP contribution in [-0.4, -0.2) is 49.5 Å². The van der Waals surface area contributed by atoms with Crippen LogP contribution in [0.4, 0.5) is 38.5 Å². The van der Waals surface area contributed by atoms with Crippen LogP contribution < -0.4 is 15.0 Å². The number of nitrogens with zero attached hydrogens (tertiary/aromatic N) is 5. The lowest BCUT2D eigenvalue weighted by Crippen LogP contribution is -2.26. The number of ether oxygens (including phenoxy) is 2. The van der Waals surface area contributed by atoms with Gasteiger partial charge in [-0.1, -0.05) is 0 Å². The van der Waals surface area contributed by atoms with E-state index < -0.39 is 44.6 Å². The highest BCUT2D eigenvalue weighted by molar-refractivity contribution is 5.94. The number of carbonyl (C=O) groups is 2. The Hall–Kier alpha value is -4.69. The first-order valence-electron chi connectivity index (χ1n) is 9.30. The number of azo groups is 1. The highest BCUT2D eigenvalue weighted by Crippen LogP contribution is 2.40. The first-order valence-corrected chi connectivity index (χ1v) is 9.30. The smallest absolute Gasteiger partial charge is 0.325 e. The molecule has 1 amide bonds. The predicted octanol–water partition coefficient (Wildman–Crippen LogP) is 3.63. The number of methoxy groups -OCH3 is 2. The van der Waals surface area contributed by atoms with Crippen molar-refractivity contribution in [3.8, 4) is 5.75 Å². The Balaban J connectivity index is 2.61. The number of carbonyl (C=O) groups excluding carboxylic acids is 2. The topological polar surface area (TPSA) is 179 Å². The van der Waals surface area contributed by atoms with Crippen molar-refractivity contribution in [1.82, 2.24) is 0 Å². The summed E-state index contributed by atoms with van der Waals surface area (Å²) in [6.07, 6.45) is 0. The Kier molecular flexibility index (Phi) is 8.09. The van der Waals surface area contributed by atoms with Crippen molar-refractivity contribution in [3.05, 3.63) is 50.3 Å². The van der Waals surface area contributed by atoms with Gasteiger partial charge in [0, 0.05) is 26.1 Å². The summed E-state index contributed by atoms with van der Waals surface area (Å²) in [5, 5.41) is 32.2. The molecule has 0 saturated carbocycles. The number of halogens is 1. The monoisotopic (exact) mass is 478 g/mol. The maximum atomic E-state index is 14.0. The van der Waals surface area contributed by atoms with Crippen LogP contribution in [0.3, 0.4) is 0 Å². The van der Waals surface area contributed by atoms with Crippen LogP contribution in [0.5, 0.6) is 5.75 Å². The number of benzene rings is 2. The quantitative estimate of drug-likeness (QED) is 0.244. The lowest BCUT2D eigenvalue weighted by molar-refractivity contribution is -0.395. The molecule has 15 heteroatoms. The standard InChI is InChI=1S/C19H19FN6O8/c1-10(27)21-12-6-17(24(2)9-19(28)34-4)18(33-3)7-13(12)22-23-14-5-11(20)15(25(29)30)8-16(14)26(31)32/h5-8H,9H2,1-4H3,(H,21,27). The second kappa shape index (κ2) is 10.8. The van der Waals surface area contributed by atoms with Crippen LogP contribution >= 0.6 is 0 Å². The minimum absolute atomic E-state index is 0.0321. The van der Waals surface area contributed by atoms with Gasteiger partial charge in [-0.3, -0.25) is 29.8 Å². The second-order valence-electron chi connectivity index (χ2n) is 6.66. The van der Waals surface area contributed by atoms with E-state index in [1.807, 2.05) is 0 Å². The Morgan fingerprint density at radius 1 is 1.06 bits per heavy atom. The summed E-state index contributed by atoms with van der Waals surface area (Å²) in [4.78, 5) is 44.9. The number of nitro groups is 2. The molecule has 34 heavy (non-hydrogen) atoms. The van der Waals surface area contributed by atoms with Gasteiger partial charge in [0.1, 0.15) is 18.0 Å². The van der Waals surface area contributed by atoms with Gasteiger partial charge in [0.05, 0.1) is 41.5 Å². The van der Waals surface area contributed by atoms with Crippen molar-refractivity contribution >= 4 is 46.0 Å². The number of nitro benzene ring substituents is 2. The molecule has 0 heterocycles. The average Bonchev–Trinajstić information content (AvgIpc) is 2.76. The van der Waals surface area contributed by atoms with E-state index in [1.54, 1.807) is 7.05 Å². The van der Waals surface area contributed by atoms with Gasteiger partial charge < -0.3 is 19.7 Å². The van der Waals surface area contributed by atoms with Crippen molar-refractivity contribution < 1.29 is 33.3 Å². The Morgan fingerprint density at radius 3 is 2.21 bits per heavy atom. The van der Waals surface area contributed by atoms with Crippen LogP contribution in [0.15, 0.2) is 34.5 Å². The molecular formula is C19H19FN6O8. The molecule has 0 aliphatic heterocycles. The molecule has 0 bridgehead atoms. The molecule has 2 aromatic carbocycles. The fraction of sp³-hybridized carbons (Fsp3) is 0.263. The number of esters is 1. The molecule has 2 aromatic rings. The molecule has 0 fully saturated rings. The van der Waals surface area contributed by atoms with Crippen molar-refractivity contribution in [1.29, 1.82) is 0 Å². The van der Waals surface area contributed by atoms with E-state index in [2.05, 4.69) is 20.3 Å². The van der Waals surface area contributed by atoms with E-state index >= 15 is 0 Å².